The first-order valence-electron chi connectivity index (χ1n) is 6.43. The Balaban J connectivity index is 2.56. The van der Waals surface area contributed by atoms with Gasteiger partial charge >= 0.3 is 0 Å². The fourth-order valence-electron chi connectivity index (χ4n) is 1.86. The van der Waals surface area contributed by atoms with Crippen molar-refractivity contribution in [2.45, 2.75) is 52.2 Å². The van der Waals surface area contributed by atoms with Crippen LogP contribution in [-0.4, -0.2) is 28.6 Å². The molecule has 1 aromatic rings. The maximum absolute atomic E-state index is 5.56. The molecule has 0 saturated carbocycles. The largest absolute Gasteiger partial charge is 0.378 e. The molecule has 17 heavy (non-hydrogen) atoms. The number of aromatic nitrogens is 3. The molecule has 5 nitrogen and oxygen atoms in total. The second-order valence-electron chi connectivity index (χ2n) is 4.24. The minimum atomic E-state index is 0.566. The van der Waals surface area contributed by atoms with Gasteiger partial charge in [0.15, 0.2) is 0 Å². The lowest BCUT2D eigenvalue weighted by Crippen LogP contribution is -2.10. The van der Waals surface area contributed by atoms with Crippen LogP contribution in [0.4, 0.5) is 0 Å². The summed E-state index contributed by atoms with van der Waals surface area (Å²) in [5.41, 5.74) is 7.61. The number of nitrogens with zero attached hydrogens (tertiary/aromatic N) is 3. The second-order valence-corrected chi connectivity index (χ2v) is 4.24. The highest BCUT2D eigenvalue weighted by atomic mass is 16.5. The maximum Gasteiger partial charge on any atom is 0.0900 e. The first kappa shape index (κ1) is 14.1. The fraction of sp³-hybridized carbons (Fsp3) is 0.833. The van der Waals surface area contributed by atoms with Crippen molar-refractivity contribution in [1.82, 2.24) is 15.0 Å². The van der Waals surface area contributed by atoms with Crippen LogP contribution in [0, 0.1) is 0 Å². The number of ether oxygens (including phenoxy) is 1. The van der Waals surface area contributed by atoms with Gasteiger partial charge in [-0.15, -0.1) is 5.10 Å². The molecule has 0 aromatic carbocycles. The van der Waals surface area contributed by atoms with Crippen molar-refractivity contribution >= 4 is 0 Å². The van der Waals surface area contributed by atoms with E-state index < -0.39 is 0 Å². The van der Waals surface area contributed by atoms with E-state index in [1.807, 2.05) is 4.68 Å². The number of rotatable bonds is 9. The Morgan fingerprint density at radius 2 is 2.12 bits per heavy atom. The van der Waals surface area contributed by atoms with Crippen LogP contribution in [0.15, 0.2) is 0 Å². The number of methoxy groups -OCH3 is 1. The minimum absolute atomic E-state index is 0.566. The number of hydrogen-bond acceptors (Lipinski definition) is 4. The molecule has 5 heteroatoms. The summed E-state index contributed by atoms with van der Waals surface area (Å²) in [6, 6.07) is 0. The first-order chi connectivity index (χ1) is 8.33. The third-order valence-electron chi connectivity index (χ3n) is 2.80. The van der Waals surface area contributed by atoms with Crippen LogP contribution in [0.2, 0.25) is 0 Å². The van der Waals surface area contributed by atoms with Crippen molar-refractivity contribution in [2.75, 3.05) is 13.7 Å². The van der Waals surface area contributed by atoms with E-state index in [-0.39, 0.29) is 0 Å². The molecule has 1 aromatic heterocycles. The van der Waals surface area contributed by atoms with Crippen LogP contribution in [0.3, 0.4) is 0 Å². The molecule has 1 rings (SSSR count). The molecule has 0 amide bonds. The molecule has 0 spiro atoms. The zero-order valence-electron chi connectivity index (χ0n) is 11.0. The van der Waals surface area contributed by atoms with E-state index in [2.05, 4.69) is 17.2 Å². The Kier molecular flexibility index (Phi) is 6.81. The van der Waals surface area contributed by atoms with Gasteiger partial charge in [0.1, 0.15) is 0 Å². The van der Waals surface area contributed by atoms with E-state index in [1.54, 1.807) is 7.11 Å². The van der Waals surface area contributed by atoms with Crippen LogP contribution in [-0.2, 0) is 24.3 Å². The summed E-state index contributed by atoms with van der Waals surface area (Å²) in [5, 5.41) is 8.36. The lowest BCUT2D eigenvalue weighted by molar-refractivity contribution is 0.175. The van der Waals surface area contributed by atoms with Crippen molar-refractivity contribution in [2.24, 2.45) is 5.73 Å². The number of aryl methyl sites for hydroxylation is 1. The maximum atomic E-state index is 5.56. The van der Waals surface area contributed by atoms with Gasteiger partial charge in [0.05, 0.1) is 18.0 Å². The first-order valence-corrected chi connectivity index (χ1v) is 6.43. The van der Waals surface area contributed by atoms with Gasteiger partial charge in [0.25, 0.3) is 0 Å². The number of unbranched alkanes of at least 4 members (excludes halogenated alkanes) is 3. The van der Waals surface area contributed by atoms with Crippen molar-refractivity contribution in [1.29, 1.82) is 0 Å². The molecule has 2 N–H and O–H groups in total. The fourth-order valence-corrected chi connectivity index (χ4v) is 1.86. The zero-order valence-corrected chi connectivity index (χ0v) is 11.0. The third-order valence-corrected chi connectivity index (χ3v) is 2.80. The SMILES string of the molecule is CCCCCCn1nnc(CCN)c1COC. The van der Waals surface area contributed by atoms with Gasteiger partial charge in [0.2, 0.25) is 0 Å². The van der Waals surface area contributed by atoms with Crippen LogP contribution < -0.4 is 5.73 Å². The highest BCUT2D eigenvalue weighted by Crippen LogP contribution is 2.09. The molecule has 0 atom stereocenters. The summed E-state index contributed by atoms with van der Waals surface area (Å²) < 4.78 is 7.16. The monoisotopic (exact) mass is 240 g/mol. The van der Waals surface area contributed by atoms with Gasteiger partial charge in [0, 0.05) is 20.1 Å². The van der Waals surface area contributed by atoms with Gasteiger partial charge < -0.3 is 10.5 Å². The zero-order chi connectivity index (χ0) is 12.5. The molecule has 0 unspecified atom stereocenters. The minimum Gasteiger partial charge on any atom is -0.378 e. The summed E-state index contributed by atoms with van der Waals surface area (Å²) in [6.45, 7) is 4.31. The van der Waals surface area contributed by atoms with Crippen LogP contribution in [0.1, 0.15) is 44.0 Å². The summed E-state index contributed by atoms with van der Waals surface area (Å²) in [7, 11) is 1.70. The number of hydrogen-bond donors (Lipinski definition) is 1. The van der Waals surface area contributed by atoms with E-state index in [1.165, 1.54) is 19.3 Å². The van der Waals surface area contributed by atoms with Crippen molar-refractivity contribution in [3.05, 3.63) is 11.4 Å². The lowest BCUT2D eigenvalue weighted by atomic mass is 10.2. The summed E-state index contributed by atoms with van der Waals surface area (Å²) in [5.74, 6) is 0. The van der Waals surface area contributed by atoms with Crippen molar-refractivity contribution < 1.29 is 4.74 Å². The molecule has 1 heterocycles. The van der Waals surface area contributed by atoms with Gasteiger partial charge in [-0.1, -0.05) is 31.4 Å². The van der Waals surface area contributed by atoms with Crippen LogP contribution >= 0.6 is 0 Å². The highest BCUT2D eigenvalue weighted by molar-refractivity contribution is 5.09. The lowest BCUT2D eigenvalue weighted by Gasteiger charge is -2.06. The Bertz CT molecular complexity index is 311. The van der Waals surface area contributed by atoms with E-state index >= 15 is 0 Å². The predicted octanol–water partition coefficient (Wildman–Crippen LogP) is 1.51. The molecule has 0 aliphatic heterocycles. The molecular formula is C12H24N4O. The highest BCUT2D eigenvalue weighted by Gasteiger charge is 2.11. The van der Waals surface area contributed by atoms with Crippen LogP contribution in [0.25, 0.3) is 0 Å². The molecule has 0 saturated heterocycles. The van der Waals surface area contributed by atoms with E-state index in [9.17, 15) is 0 Å². The molecule has 0 aliphatic carbocycles. The van der Waals surface area contributed by atoms with Gasteiger partial charge in [-0.05, 0) is 13.0 Å². The molecule has 0 bridgehead atoms. The van der Waals surface area contributed by atoms with Crippen molar-refractivity contribution in [3.63, 3.8) is 0 Å². The van der Waals surface area contributed by atoms with E-state index in [0.717, 1.165) is 30.8 Å². The van der Waals surface area contributed by atoms with Crippen molar-refractivity contribution in [3.8, 4) is 0 Å². The smallest absolute Gasteiger partial charge is 0.0900 e. The van der Waals surface area contributed by atoms with Gasteiger partial charge in [-0.25, -0.2) is 4.68 Å². The average molecular weight is 240 g/mol. The quantitative estimate of drug-likeness (QED) is 0.664. The molecule has 0 radical (unpaired) electrons. The molecular weight excluding hydrogens is 216 g/mol. The Hall–Kier alpha value is -0.940. The Labute approximate surface area is 103 Å². The Morgan fingerprint density at radius 1 is 1.29 bits per heavy atom. The van der Waals surface area contributed by atoms with E-state index in [0.29, 0.717) is 13.2 Å². The standard InChI is InChI=1S/C12H24N4O/c1-3-4-5-6-9-16-12(10-17-2)11(7-8-13)14-15-16/h3-10,13H2,1-2H3. The van der Waals surface area contributed by atoms with Gasteiger partial charge in [-0.3, -0.25) is 0 Å². The predicted molar refractivity (Wildman–Crippen MR) is 67.6 cm³/mol. The second kappa shape index (κ2) is 8.20. The number of nitrogens with two attached hydrogens (primary N) is 1. The summed E-state index contributed by atoms with van der Waals surface area (Å²) in [6.07, 6.45) is 5.70. The van der Waals surface area contributed by atoms with E-state index in [4.69, 9.17) is 10.5 Å². The molecule has 0 fully saturated rings. The normalized spacial score (nSPS) is 11.0. The van der Waals surface area contributed by atoms with Gasteiger partial charge in [-0.2, -0.15) is 0 Å². The topological polar surface area (TPSA) is 66.0 Å². The molecule has 98 valence electrons. The summed E-state index contributed by atoms with van der Waals surface area (Å²) in [4.78, 5) is 0. The average Bonchev–Trinajstić information content (AvgIpc) is 2.69. The third kappa shape index (κ3) is 4.44. The Morgan fingerprint density at radius 3 is 2.76 bits per heavy atom. The summed E-state index contributed by atoms with van der Waals surface area (Å²) >= 11 is 0. The molecule has 0 aliphatic rings. The van der Waals surface area contributed by atoms with Crippen LogP contribution in [0.5, 0.6) is 0 Å².